The molecule has 158 valence electrons. The number of carbonyl (C=O) groups excluding carboxylic acids is 1. The van der Waals surface area contributed by atoms with Crippen molar-refractivity contribution < 1.29 is 4.79 Å². The van der Waals surface area contributed by atoms with Crippen molar-refractivity contribution >= 4 is 5.91 Å². The van der Waals surface area contributed by atoms with Crippen molar-refractivity contribution in [3.05, 3.63) is 58.5 Å². The van der Waals surface area contributed by atoms with E-state index in [2.05, 4.69) is 63.6 Å². The third kappa shape index (κ3) is 3.77. The van der Waals surface area contributed by atoms with Gasteiger partial charge in [0.2, 0.25) is 0 Å². The number of hydrogen-bond acceptors (Lipinski definition) is 4. The summed E-state index contributed by atoms with van der Waals surface area (Å²) in [6, 6.07) is 10.4. The molecule has 0 aliphatic carbocycles. The van der Waals surface area contributed by atoms with Crippen LogP contribution in [0.15, 0.2) is 30.3 Å². The van der Waals surface area contributed by atoms with Crippen LogP contribution in [-0.4, -0.2) is 49.4 Å². The first-order valence-electron chi connectivity index (χ1n) is 10.4. The van der Waals surface area contributed by atoms with E-state index < -0.39 is 0 Å². The second kappa shape index (κ2) is 7.72. The van der Waals surface area contributed by atoms with Gasteiger partial charge in [-0.2, -0.15) is 10.2 Å². The summed E-state index contributed by atoms with van der Waals surface area (Å²) in [5.41, 5.74) is 6.77. The number of fused-ring (bicyclic) bond motifs is 1. The largest absolute Gasteiger partial charge is 0.349 e. The Bertz CT molecular complexity index is 1080. The van der Waals surface area contributed by atoms with Gasteiger partial charge in [0, 0.05) is 43.5 Å². The van der Waals surface area contributed by atoms with Crippen molar-refractivity contribution in [3.63, 3.8) is 0 Å². The zero-order chi connectivity index (χ0) is 21.5. The molecule has 0 radical (unpaired) electrons. The molecule has 3 aromatic rings. The van der Waals surface area contributed by atoms with Gasteiger partial charge in [-0.3, -0.25) is 19.5 Å². The van der Waals surface area contributed by atoms with E-state index in [0.29, 0.717) is 12.2 Å². The Labute approximate surface area is 177 Å². The highest BCUT2D eigenvalue weighted by molar-refractivity contribution is 5.93. The van der Waals surface area contributed by atoms with Gasteiger partial charge in [-0.05, 0) is 51.3 Å². The Morgan fingerprint density at radius 2 is 1.97 bits per heavy atom. The Morgan fingerprint density at radius 1 is 1.23 bits per heavy atom. The van der Waals surface area contributed by atoms with Crippen LogP contribution in [-0.2, 0) is 20.0 Å². The topological polar surface area (TPSA) is 78.8 Å². The fourth-order valence-corrected chi connectivity index (χ4v) is 4.23. The first kappa shape index (κ1) is 20.3. The lowest BCUT2D eigenvalue weighted by Gasteiger charge is -2.41. The van der Waals surface area contributed by atoms with Crippen molar-refractivity contribution in [3.8, 4) is 11.3 Å². The van der Waals surface area contributed by atoms with Gasteiger partial charge in [0.1, 0.15) is 5.69 Å². The molecule has 1 aromatic carbocycles. The van der Waals surface area contributed by atoms with Gasteiger partial charge in [0.15, 0.2) is 0 Å². The molecule has 0 saturated carbocycles. The van der Waals surface area contributed by atoms with E-state index in [0.717, 1.165) is 42.2 Å². The standard InChI is InChI=1S/C23H30N6O/c1-15-21(16(2)28(5)27-15)19-12-20(26-25-19)22(30)24-14-23(3,4)29-11-10-17-8-6-7-9-18(17)13-29/h6-9,12H,10-11,13-14H2,1-5H3,(H,24,30)(H,25,26). The number of nitrogens with zero attached hydrogens (tertiary/aromatic N) is 4. The lowest BCUT2D eigenvalue weighted by atomic mass is 9.94. The molecule has 1 aliphatic rings. The maximum atomic E-state index is 12.8. The number of aromatic nitrogens is 4. The summed E-state index contributed by atoms with van der Waals surface area (Å²) < 4.78 is 1.83. The van der Waals surface area contributed by atoms with Gasteiger partial charge in [0.05, 0.1) is 11.4 Å². The van der Waals surface area contributed by atoms with Crippen LogP contribution in [0.4, 0.5) is 0 Å². The summed E-state index contributed by atoms with van der Waals surface area (Å²) >= 11 is 0. The minimum Gasteiger partial charge on any atom is -0.349 e. The van der Waals surface area contributed by atoms with Crippen molar-refractivity contribution in [2.24, 2.45) is 7.05 Å². The molecule has 1 amide bonds. The quantitative estimate of drug-likeness (QED) is 0.683. The molecule has 4 rings (SSSR count). The van der Waals surface area contributed by atoms with Crippen LogP contribution in [0.3, 0.4) is 0 Å². The predicted octanol–water partition coefficient (Wildman–Crippen LogP) is 2.99. The third-order valence-electron chi connectivity index (χ3n) is 6.26. The Morgan fingerprint density at radius 3 is 2.67 bits per heavy atom. The number of aryl methyl sites for hydroxylation is 2. The van der Waals surface area contributed by atoms with Crippen LogP contribution in [0.2, 0.25) is 0 Å². The minimum absolute atomic E-state index is 0.140. The van der Waals surface area contributed by atoms with Gasteiger partial charge in [-0.15, -0.1) is 0 Å². The van der Waals surface area contributed by atoms with Crippen LogP contribution in [0.1, 0.15) is 46.9 Å². The summed E-state index contributed by atoms with van der Waals surface area (Å²) in [6.45, 7) is 10.8. The molecule has 2 N–H and O–H groups in total. The van der Waals surface area contributed by atoms with Crippen LogP contribution in [0.25, 0.3) is 11.3 Å². The van der Waals surface area contributed by atoms with Crippen molar-refractivity contribution in [1.29, 1.82) is 0 Å². The lowest BCUT2D eigenvalue weighted by Crippen LogP contribution is -2.53. The van der Waals surface area contributed by atoms with Crippen LogP contribution < -0.4 is 5.32 Å². The van der Waals surface area contributed by atoms with Gasteiger partial charge in [0.25, 0.3) is 5.91 Å². The number of nitrogens with one attached hydrogen (secondary N) is 2. The van der Waals surface area contributed by atoms with E-state index in [1.165, 1.54) is 11.1 Å². The Hall–Kier alpha value is -2.93. The molecule has 7 heteroatoms. The summed E-state index contributed by atoms with van der Waals surface area (Å²) in [4.78, 5) is 15.2. The highest BCUT2D eigenvalue weighted by Crippen LogP contribution is 2.26. The molecular formula is C23H30N6O. The maximum absolute atomic E-state index is 12.8. The monoisotopic (exact) mass is 406 g/mol. The van der Waals surface area contributed by atoms with E-state index in [-0.39, 0.29) is 11.4 Å². The molecule has 0 bridgehead atoms. The minimum atomic E-state index is -0.150. The zero-order valence-corrected chi connectivity index (χ0v) is 18.4. The lowest BCUT2D eigenvalue weighted by molar-refractivity contribution is 0.0822. The molecule has 2 aromatic heterocycles. The summed E-state index contributed by atoms with van der Waals surface area (Å²) in [5, 5.41) is 14.8. The Kier molecular flexibility index (Phi) is 5.24. The second-order valence-electron chi connectivity index (χ2n) is 8.77. The van der Waals surface area contributed by atoms with E-state index in [1.807, 2.05) is 25.6 Å². The highest BCUT2D eigenvalue weighted by Gasteiger charge is 2.30. The smallest absolute Gasteiger partial charge is 0.269 e. The van der Waals surface area contributed by atoms with Gasteiger partial charge in [-0.25, -0.2) is 0 Å². The molecule has 0 spiro atoms. The van der Waals surface area contributed by atoms with E-state index in [4.69, 9.17) is 0 Å². The average molecular weight is 407 g/mol. The number of H-pyrrole nitrogens is 1. The Balaban J connectivity index is 1.42. The van der Waals surface area contributed by atoms with Crippen molar-refractivity contribution in [1.82, 2.24) is 30.2 Å². The molecule has 30 heavy (non-hydrogen) atoms. The fourth-order valence-electron chi connectivity index (χ4n) is 4.23. The number of amides is 1. The second-order valence-corrected chi connectivity index (χ2v) is 8.77. The molecule has 0 unspecified atom stereocenters. The van der Waals surface area contributed by atoms with Crippen LogP contribution in [0, 0.1) is 13.8 Å². The van der Waals surface area contributed by atoms with E-state index in [9.17, 15) is 4.79 Å². The van der Waals surface area contributed by atoms with Crippen LogP contribution >= 0.6 is 0 Å². The normalized spacial score (nSPS) is 14.6. The average Bonchev–Trinajstić information content (AvgIpc) is 3.30. The number of rotatable bonds is 5. The molecule has 7 nitrogen and oxygen atoms in total. The van der Waals surface area contributed by atoms with Gasteiger partial charge >= 0.3 is 0 Å². The predicted molar refractivity (Wildman–Crippen MR) is 117 cm³/mol. The first-order chi connectivity index (χ1) is 14.3. The van der Waals surface area contributed by atoms with Gasteiger partial charge in [-0.1, -0.05) is 24.3 Å². The van der Waals surface area contributed by atoms with E-state index >= 15 is 0 Å². The molecule has 0 fully saturated rings. The SMILES string of the molecule is Cc1nn(C)c(C)c1-c1cc(C(=O)NCC(C)(C)N2CCc3ccccc3C2)[nH]n1. The summed E-state index contributed by atoms with van der Waals surface area (Å²) in [7, 11) is 1.91. The molecule has 0 atom stereocenters. The third-order valence-corrected chi connectivity index (χ3v) is 6.26. The molecule has 1 aliphatic heterocycles. The molecule has 0 saturated heterocycles. The summed E-state index contributed by atoms with van der Waals surface area (Å²) in [6.07, 6.45) is 1.04. The fraction of sp³-hybridized carbons (Fsp3) is 0.435. The first-order valence-corrected chi connectivity index (χ1v) is 10.4. The molecule has 3 heterocycles. The number of aromatic amines is 1. The maximum Gasteiger partial charge on any atom is 0.269 e. The zero-order valence-electron chi connectivity index (χ0n) is 18.4. The number of hydrogen-bond donors (Lipinski definition) is 2. The van der Waals surface area contributed by atoms with E-state index in [1.54, 1.807) is 6.07 Å². The van der Waals surface area contributed by atoms with Crippen molar-refractivity contribution in [2.45, 2.75) is 46.2 Å². The van der Waals surface area contributed by atoms with Crippen molar-refractivity contribution in [2.75, 3.05) is 13.1 Å². The number of carbonyl (C=O) groups is 1. The van der Waals surface area contributed by atoms with Gasteiger partial charge < -0.3 is 5.32 Å². The highest BCUT2D eigenvalue weighted by atomic mass is 16.1. The molecular weight excluding hydrogens is 376 g/mol. The van der Waals surface area contributed by atoms with Crippen LogP contribution in [0.5, 0.6) is 0 Å². The summed E-state index contributed by atoms with van der Waals surface area (Å²) in [5.74, 6) is -0.140. The number of benzene rings is 1.